The van der Waals surface area contributed by atoms with Crippen LogP contribution in [0.25, 0.3) is 0 Å². The van der Waals surface area contributed by atoms with Crippen LogP contribution in [0.1, 0.15) is 34.6 Å². The number of halogens is 3. The number of rotatable bonds is 4. The van der Waals surface area contributed by atoms with E-state index in [0.717, 1.165) is 0 Å². The summed E-state index contributed by atoms with van der Waals surface area (Å²) in [6.45, 7) is 6.49. The SMILES string of the molecule is CCOC(=O)C1(C(=O)OCC)C(C(F)(F)F)N1C(=O)OC(C)(C)C. The van der Waals surface area contributed by atoms with Crippen LogP contribution in [0.2, 0.25) is 0 Å². The van der Waals surface area contributed by atoms with Crippen LogP contribution < -0.4 is 0 Å². The quantitative estimate of drug-likeness (QED) is 0.332. The number of nitrogens with zero attached hydrogens (tertiary/aromatic N) is 1. The Balaban J connectivity index is 3.33. The summed E-state index contributed by atoms with van der Waals surface area (Å²) in [6.07, 6.45) is -6.50. The van der Waals surface area contributed by atoms with Crippen molar-refractivity contribution in [2.45, 2.75) is 58.0 Å². The highest BCUT2D eigenvalue weighted by molar-refractivity contribution is 6.13. The molecule has 1 rings (SSSR count). The average Bonchev–Trinajstić information content (AvgIpc) is 3.08. The zero-order valence-electron chi connectivity index (χ0n) is 14.0. The molecule has 0 aromatic heterocycles. The lowest BCUT2D eigenvalue weighted by molar-refractivity contribution is -0.167. The van der Waals surface area contributed by atoms with E-state index in [2.05, 4.69) is 9.47 Å². The van der Waals surface area contributed by atoms with Crippen molar-refractivity contribution in [1.29, 1.82) is 0 Å². The van der Waals surface area contributed by atoms with Crippen molar-refractivity contribution >= 4 is 18.0 Å². The minimum Gasteiger partial charge on any atom is -0.464 e. The Morgan fingerprint density at radius 1 is 1.00 bits per heavy atom. The minimum atomic E-state index is -5.05. The second kappa shape index (κ2) is 6.48. The number of carbonyl (C=O) groups is 3. The molecule has 0 aromatic carbocycles. The Morgan fingerprint density at radius 3 is 1.71 bits per heavy atom. The molecule has 0 bridgehead atoms. The van der Waals surface area contributed by atoms with Gasteiger partial charge in [0.2, 0.25) is 0 Å². The van der Waals surface area contributed by atoms with Crippen LogP contribution in [0.4, 0.5) is 18.0 Å². The lowest BCUT2D eigenvalue weighted by Crippen LogP contribution is -2.45. The first-order valence-electron chi connectivity index (χ1n) is 7.27. The molecule has 0 N–H and O–H groups in total. The largest absolute Gasteiger partial charge is 0.464 e. The maximum atomic E-state index is 13.3. The highest BCUT2D eigenvalue weighted by atomic mass is 19.4. The van der Waals surface area contributed by atoms with E-state index in [9.17, 15) is 27.6 Å². The van der Waals surface area contributed by atoms with E-state index in [1.807, 2.05) is 0 Å². The third-order valence-corrected chi connectivity index (χ3v) is 3.04. The summed E-state index contributed by atoms with van der Waals surface area (Å²) in [5.74, 6) is -3.01. The number of carbonyl (C=O) groups excluding carboxylic acids is 3. The Bertz CT molecular complexity index is 508. The number of amides is 1. The molecule has 24 heavy (non-hydrogen) atoms. The molecule has 138 valence electrons. The fraction of sp³-hybridized carbons (Fsp3) is 0.786. The van der Waals surface area contributed by atoms with E-state index >= 15 is 0 Å². The molecule has 1 unspecified atom stereocenters. The molecule has 1 heterocycles. The summed E-state index contributed by atoms with van der Waals surface area (Å²) >= 11 is 0. The van der Waals surface area contributed by atoms with Crippen LogP contribution in [0, 0.1) is 0 Å². The fourth-order valence-electron chi connectivity index (χ4n) is 2.22. The standard InChI is InChI=1S/C14H20F3NO6/c1-6-22-9(19)13(10(20)23-7-2)8(14(15,16)17)18(13)11(21)24-12(3,4)5/h8H,6-7H2,1-5H3. The molecule has 1 fully saturated rings. The maximum Gasteiger partial charge on any atom is 0.412 e. The van der Waals surface area contributed by atoms with Crippen molar-refractivity contribution < 1.29 is 41.8 Å². The molecule has 0 saturated carbocycles. The Kier molecular flexibility index (Phi) is 5.41. The normalized spacial score (nSPS) is 19.5. The van der Waals surface area contributed by atoms with Crippen molar-refractivity contribution in [3.8, 4) is 0 Å². The second-order valence-electron chi connectivity index (χ2n) is 6.00. The van der Waals surface area contributed by atoms with Crippen LogP contribution in [0.3, 0.4) is 0 Å². The number of hydrogen-bond donors (Lipinski definition) is 0. The van der Waals surface area contributed by atoms with Gasteiger partial charge in [-0.15, -0.1) is 0 Å². The van der Waals surface area contributed by atoms with Gasteiger partial charge in [0.25, 0.3) is 5.54 Å². The lowest BCUT2D eigenvalue weighted by atomic mass is 10.1. The fourth-order valence-corrected chi connectivity index (χ4v) is 2.22. The van der Waals surface area contributed by atoms with Crippen molar-refractivity contribution in [3.63, 3.8) is 0 Å². The summed E-state index contributed by atoms with van der Waals surface area (Å²) in [4.78, 5) is 36.3. The molecule has 10 heteroatoms. The maximum absolute atomic E-state index is 13.3. The van der Waals surface area contributed by atoms with E-state index in [-0.39, 0.29) is 18.1 Å². The summed E-state index contributed by atoms with van der Waals surface area (Å²) in [5.41, 5.74) is -4.03. The number of ether oxygens (including phenoxy) is 3. The molecular formula is C14H20F3NO6. The molecule has 1 saturated heterocycles. The first kappa shape index (κ1) is 20.0. The van der Waals surface area contributed by atoms with Gasteiger partial charge < -0.3 is 14.2 Å². The van der Waals surface area contributed by atoms with Crippen molar-refractivity contribution in [3.05, 3.63) is 0 Å². The van der Waals surface area contributed by atoms with Crippen LogP contribution in [0.15, 0.2) is 0 Å². The summed E-state index contributed by atoms with van der Waals surface area (Å²) in [6, 6.07) is -2.70. The smallest absolute Gasteiger partial charge is 0.412 e. The second-order valence-corrected chi connectivity index (χ2v) is 6.00. The molecule has 7 nitrogen and oxygen atoms in total. The van der Waals surface area contributed by atoms with E-state index in [1.54, 1.807) is 0 Å². The van der Waals surface area contributed by atoms with Crippen LogP contribution in [0.5, 0.6) is 0 Å². The first-order valence-corrected chi connectivity index (χ1v) is 7.27. The minimum absolute atomic E-state index is 0.0221. The summed E-state index contributed by atoms with van der Waals surface area (Å²) in [5, 5.41) is 0. The topological polar surface area (TPSA) is 81.9 Å². The molecule has 1 amide bonds. The van der Waals surface area contributed by atoms with Gasteiger partial charge in [-0.25, -0.2) is 14.4 Å². The van der Waals surface area contributed by atoms with E-state index in [1.165, 1.54) is 34.6 Å². The van der Waals surface area contributed by atoms with Gasteiger partial charge in [-0.1, -0.05) is 0 Å². The number of esters is 2. The molecule has 1 aliphatic rings. The highest BCUT2D eigenvalue weighted by Crippen LogP contribution is 2.52. The molecule has 1 atom stereocenters. The highest BCUT2D eigenvalue weighted by Gasteiger charge is 2.86. The van der Waals surface area contributed by atoms with Gasteiger partial charge in [0.1, 0.15) is 5.60 Å². The zero-order valence-corrected chi connectivity index (χ0v) is 14.0. The number of hydrogen-bond acceptors (Lipinski definition) is 6. The van der Waals surface area contributed by atoms with Crippen molar-refractivity contribution in [1.82, 2.24) is 4.90 Å². The van der Waals surface area contributed by atoms with E-state index in [0.29, 0.717) is 0 Å². The van der Waals surface area contributed by atoms with Gasteiger partial charge in [0, 0.05) is 0 Å². The molecule has 1 aliphatic heterocycles. The monoisotopic (exact) mass is 355 g/mol. The summed E-state index contributed by atoms with van der Waals surface area (Å²) in [7, 11) is 0. The summed E-state index contributed by atoms with van der Waals surface area (Å²) < 4.78 is 54.0. The van der Waals surface area contributed by atoms with Crippen molar-refractivity contribution in [2.24, 2.45) is 0 Å². The Morgan fingerprint density at radius 2 is 1.42 bits per heavy atom. The number of alkyl halides is 3. The van der Waals surface area contributed by atoms with Crippen LogP contribution >= 0.6 is 0 Å². The molecule has 0 aliphatic carbocycles. The van der Waals surface area contributed by atoms with Gasteiger partial charge in [-0.05, 0) is 34.6 Å². The Labute approximate surface area is 137 Å². The van der Waals surface area contributed by atoms with Crippen LogP contribution in [-0.2, 0) is 23.8 Å². The van der Waals surface area contributed by atoms with Crippen molar-refractivity contribution in [2.75, 3.05) is 13.2 Å². The predicted octanol–water partition coefficient (Wildman–Crippen LogP) is 2.03. The van der Waals surface area contributed by atoms with E-state index < -0.39 is 41.4 Å². The molecular weight excluding hydrogens is 335 g/mol. The average molecular weight is 355 g/mol. The third-order valence-electron chi connectivity index (χ3n) is 3.04. The Hall–Kier alpha value is -2.00. The lowest BCUT2D eigenvalue weighted by Gasteiger charge is -2.21. The molecule has 0 spiro atoms. The van der Waals surface area contributed by atoms with Gasteiger partial charge >= 0.3 is 24.2 Å². The van der Waals surface area contributed by atoms with Gasteiger partial charge in [-0.2, -0.15) is 13.2 Å². The predicted molar refractivity (Wildman–Crippen MR) is 73.9 cm³/mol. The molecule has 0 radical (unpaired) electrons. The third kappa shape index (κ3) is 3.57. The first-order chi connectivity index (χ1) is 10.8. The van der Waals surface area contributed by atoms with Gasteiger partial charge in [-0.3, -0.25) is 4.90 Å². The van der Waals surface area contributed by atoms with E-state index in [4.69, 9.17) is 4.74 Å². The van der Waals surface area contributed by atoms with Gasteiger partial charge in [0.05, 0.1) is 13.2 Å². The van der Waals surface area contributed by atoms with Gasteiger partial charge in [0.15, 0.2) is 6.04 Å². The molecule has 0 aromatic rings. The zero-order chi connectivity index (χ0) is 18.9. The van der Waals surface area contributed by atoms with Crippen LogP contribution in [-0.4, -0.2) is 59.5 Å².